The van der Waals surface area contributed by atoms with Gasteiger partial charge in [0.2, 0.25) is 5.82 Å². The number of ether oxygens (including phenoxy) is 1. The van der Waals surface area contributed by atoms with Crippen molar-refractivity contribution >= 4 is 6.02 Å². The summed E-state index contributed by atoms with van der Waals surface area (Å²) in [6.07, 6.45) is -4.81. The molecule has 2 atom stereocenters. The van der Waals surface area contributed by atoms with E-state index in [-0.39, 0.29) is 11.4 Å². The Bertz CT molecular complexity index is 1060. The van der Waals surface area contributed by atoms with Crippen molar-refractivity contribution in [2.75, 3.05) is 0 Å². The number of hydrogen-bond donors (Lipinski definition) is 1. The van der Waals surface area contributed by atoms with Crippen LogP contribution in [0.5, 0.6) is 0 Å². The Balaban J connectivity index is 1.96. The highest BCUT2D eigenvalue weighted by molar-refractivity contribution is 5.73. The van der Waals surface area contributed by atoms with Gasteiger partial charge < -0.3 is 10.5 Å². The molecule has 0 saturated heterocycles. The van der Waals surface area contributed by atoms with Gasteiger partial charge in [-0.25, -0.2) is 19.4 Å². The molecule has 0 bridgehead atoms. The molecule has 1 unspecified atom stereocenters. The maximum Gasteiger partial charge on any atom is 0.425 e. The molecule has 0 aliphatic carbocycles. The topological polar surface area (TPSA) is 97.2 Å². The average Bonchev–Trinajstić information content (AvgIpc) is 2.66. The van der Waals surface area contributed by atoms with Gasteiger partial charge in [0.1, 0.15) is 11.9 Å². The number of rotatable bonds is 1. The molecule has 6 nitrogen and oxygen atoms in total. The molecule has 0 fully saturated rings. The van der Waals surface area contributed by atoms with Crippen molar-refractivity contribution in [2.24, 2.45) is 10.7 Å². The molecule has 10 heteroatoms. The van der Waals surface area contributed by atoms with Crippen LogP contribution in [0.1, 0.15) is 35.9 Å². The summed E-state index contributed by atoms with van der Waals surface area (Å²) in [6, 6.07) is 4.92. The lowest BCUT2D eigenvalue weighted by Gasteiger charge is -2.35. The normalized spacial score (nSPS) is 21.2. The Morgan fingerprint density at radius 1 is 1.21 bits per heavy atom. The first kappa shape index (κ1) is 20.1. The van der Waals surface area contributed by atoms with E-state index in [1.54, 1.807) is 6.07 Å². The predicted octanol–water partition coefficient (Wildman–Crippen LogP) is 2.77. The van der Waals surface area contributed by atoms with E-state index in [9.17, 15) is 17.6 Å². The van der Waals surface area contributed by atoms with Gasteiger partial charge in [-0.3, -0.25) is 0 Å². The minimum atomic E-state index is -4.68. The first-order valence-corrected chi connectivity index (χ1v) is 8.23. The summed E-state index contributed by atoms with van der Waals surface area (Å²) in [5, 5.41) is 8.68. The predicted molar refractivity (Wildman–Crippen MR) is 93.6 cm³/mol. The highest BCUT2D eigenvalue weighted by atomic mass is 19.4. The Labute approximate surface area is 163 Å². The van der Waals surface area contributed by atoms with Crippen LogP contribution >= 0.6 is 0 Å². The van der Waals surface area contributed by atoms with E-state index in [2.05, 4.69) is 31.5 Å². The van der Waals surface area contributed by atoms with Crippen LogP contribution in [-0.4, -0.2) is 28.3 Å². The van der Waals surface area contributed by atoms with Crippen molar-refractivity contribution in [3.63, 3.8) is 0 Å². The second-order valence-electron chi connectivity index (χ2n) is 6.43. The molecule has 1 aliphatic heterocycles. The molecule has 1 aromatic carbocycles. The number of benzene rings is 1. The number of nitrogens with two attached hydrogens (primary N) is 1. The quantitative estimate of drug-likeness (QED) is 0.583. The maximum atomic E-state index is 14.5. The van der Waals surface area contributed by atoms with Crippen LogP contribution in [0.4, 0.5) is 17.6 Å². The lowest BCUT2D eigenvalue weighted by Crippen LogP contribution is -2.46. The number of alkyl halides is 3. The van der Waals surface area contributed by atoms with Gasteiger partial charge in [-0.05, 0) is 25.1 Å². The minimum Gasteiger partial charge on any atom is -0.452 e. The highest BCUT2D eigenvalue weighted by Crippen LogP contribution is 2.40. The third-order valence-electron chi connectivity index (χ3n) is 4.22. The standard InChI is InChI=1S/C19H13F4N5O/c1-18(7-15(19(21,22)23)29-17(25)28-18)13-6-11(4-5-14(13)20)2-3-12-9-26-16(8-24)27-10-12/h4-6,9-10,15H,7H2,1H3,(H2,25,28)/t15-,18?/m0/s1. The van der Waals surface area contributed by atoms with Gasteiger partial charge in [-0.2, -0.15) is 18.4 Å². The number of amidine groups is 1. The number of halogens is 4. The van der Waals surface area contributed by atoms with Gasteiger partial charge >= 0.3 is 6.18 Å². The minimum absolute atomic E-state index is 0.0123. The molecule has 1 aromatic heterocycles. The molecule has 0 amide bonds. The van der Waals surface area contributed by atoms with E-state index in [0.29, 0.717) is 11.1 Å². The van der Waals surface area contributed by atoms with E-state index < -0.39 is 36.1 Å². The Hall–Kier alpha value is -3.66. The molecule has 2 N–H and O–H groups in total. The van der Waals surface area contributed by atoms with E-state index in [1.807, 2.05) is 0 Å². The number of aromatic nitrogens is 2. The zero-order valence-electron chi connectivity index (χ0n) is 15.0. The van der Waals surface area contributed by atoms with E-state index in [1.165, 1.54) is 31.5 Å². The van der Waals surface area contributed by atoms with E-state index >= 15 is 0 Å². The molecule has 3 rings (SSSR count). The zero-order valence-corrected chi connectivity index (χ0v) is 15.0. The van der Waals surface area contributed by atoms with Crippen molar-refractivity contribution in [1.29, 1.82) is 5.26 Å². The fourth-order valence-corrected chi connectivity index (χ4v) is 2.83. The van der Waals surface area contributed by atoms with Crippen LogP contribution < -0.4 is 5.73 Å². The summed E-state index contributed by atoms with van der Waals surface area (Å²) in [5.74, 6) is 4.76. The van der Waals surface area contributed by atoms with Gasteiger partial charge in [-0.1, -0.05) is 11.8 Å². The largest absolute Gasteiger partial charge is 0.452 e. The Morgan fingerprint density at radius 3 is 2.48 bits per heavy atom. The summed E-state index contributed by atoms with van der Waals surface area (Å²) in [7, 11) is 0. The van der Waals surface area contributed by atoms with Gasteiger partial charge in [0, 0.05) is 29.9 Å². The fraction of sp³-hybridized carbons (Fsp3) is 0.263. The monoisotopic (exact) mass is 403 g/mol. The van der Waals surface area contributed by atoms with Gasteiger partial charge in [0.15, 0.2) is 6.10 Å². The summed E-state index contributed by atoms with van der Waals surface area (Å²) >= 11 is 0. The molecule has 1 aliphatic rings. The molecule has 2 heterocycles. The van der Waals surface area contributed by atoms with Crippen LogP contribution in [0, 0.1) is 29.0 Å². The van der Waals surface area contributed by atoms with Crippen LogP contribution in [0.25, 0.3) is 0 Å². The van der Waals surface area contributed by atoms with Crippen LogP contribution in [0.15, 0.2) is 35.6 Å². The van der Waals surface area contributed by atoms with Crippen molar-refractivity contribution < 1.29 is 22.3 Å². The van der Waals surface area contributed by atoms with Crippen molar-refractivity contribution in [3.8, 4) is 17.9 Å². The van der Waals surface area contributed by atoms with Gasteiger partial charge in [0.25, 0.3) is 6.02 Å². The van der Waals surface area contributed by atoms with Gasteiger partial charge in [-0.15, -0.1) is 0 Å². The summed E-state index contributed by atoms with van der Waals surface area (Å²) in [4.78, 5) is 11.5. The molecular formula is C19H13F4N5O. The maximum absolute atomic E-state index is 14.5. The first-order valence-electron chi connectivity index (χ1n) is 8.23. The second-order valence-corrected chi connectivity index (χ2v) is 6.43. The van der Waals surface area contributed by atoms with Gasteiger partial charge in [0.05, 0.1) is 11.1 Å². The smallest absolute Gasteiger partial charge is 0.425 e. The fourth-order valence-electron chi connectivity index (χ4n) is 2.83. The van der Waals surface area contributed by atoms with Crippen molar-refractivity contribution in [2.45, 2.75) is 31.2 Å². The van der Waals surface area contributed by atoms with Crippen LogP contribution in [-0.2, 0) is 10.3 Å². The van der Waals surface area contributed by atoms with E-state index in [4.69, 9.17) is 11.0 Å². The molecule has 0 spiro atoms. The van der Waals surface area contributed by atoms with Crippen molar-refractivity contribution in [3.05, 3.63) is 58.9 Å². The third kappa shape index (κ3) is 4.43. The number of nitrogens with zero attached hydrogens (tertiary/aromatic N) is 4. The second kappa shape index (κ2) is 7.40. The molecule has 2 aromatic rings. The SMILES string of the molecule is CC1(c2cc(C#Cc3cnc(C#N)nc3)ccc2F)C[C@@H](C(F)(F)F)OC(N)=N1. The third-order valence-corrected chi connectivity index (χ3v) is 4.22. The van der Waals surface area contributed by atoms with Crippen LogP contribution in [0.2, 0.25) is 0 Å². The molecule has 29 heavy (non-hydrogen) atoms. The molecule has 148 valence electrons. The van der Waals surface area contributed by atoms with E-state index in [0.717, 1.165) is 6.07 Å². The Morgan fingerprint density at radius 2 is 1.86 bits per heavy atom. The number of nitriles is 1. The average molecular weight is 403 g/mol. The number of aliphatic imine (C=N–C) groups is 1. The lowest BCUT2D eigenvalue weighted by molar-refractivity contribution is -0.208. The summed E-state index contributed by atoms with van der Waals surface area (Å²) < 4.78 is 58.4. The highest BCUT2D eigenvalue weighted by Gasteiger charge is 2.50. The summed E-state index contributed by atoms with van der Waals surface area (Å²) in [6.45, 7) is 1.35. The molecule has 0 radical (unpaired) electrons. The Kier molecular flexibility index (Phi) is 5.12. The lowest BCUT2D eigenvalue weighted by atomic mass is 9.85. The molecule has 0 saturated carbocycles. The number of hydrogen-bond acceptors (Lipinski definition) is 6. The first-order chi connectivity index (χ1) is 13.6. The van der Waals surface area contributed by atoms with Crippen molar-refractivity contribution in [1.82, 2.24) is 9.97 Å². The molecular weight excluding hydrogens is 390 g/mol. The zero-order chi connectivity index (χ0) is 21.2. The summed E-state index contributed by atoms with van der Waals surface area (Å²) in [5.41, 5.74) is 4.51. The van der Waals surface area contributed by atoms with Crippen LogP contribution in [0.3, 0.4) is 0 Å².